The minimum absolute atomic E-state index is 0.0199. The van der Waals surface area contributed by atoms with Crippen LogP contribution in [0.3, 0.4) is 0 Å². The summed E-state index contributed by atoms with van der Waals surface area (Å²) in [6.07, 6.45) is 0.777. The van der Waals surface area contributed by atoms with Gasteiger partial charge in [-0.1, -0.05) is 44.7 Å². The maximum absolute atomic E-state index is 12.9. The summed E-state index contributed by atoms with van der Waals surface area (Å²) in [6, 6.07) is 9.37. The Morgan fingerprint density at radius 2 is 2.04 bits per heavy atom. The Kier molecular flexibility index (Phi) is 6.66. The lowest BCUT2D eigenvalue weighted by Gasteiger charge is -2.27. The molecule has 1 aromatic heterocycles. The molecular formula is C20H26N4O2S. The molecule has 1 heterocycles. The van der Waals surface area contributed by atoms with Crippen molar-refractivity contribution in [3.8, 4) is 6.07 Å². The number of rotatable bonds is 7. The van der Waals surface area contributed by atoms with E-state index < -0.39 is 5.54 Å². The van der Waals surface area contributed by atoms with Gasteiger partial charge in [-0.05, 0) is 38.3 Å². The van der Waals surface area contributed by atoms with Crippen molar-refractivity contribution in [2.24, 2.45) is 5.92 Å². The van der Waals surface area contributed by atoms with Crippen molar-refractivity contribution in [1.82, 2.24) is 14.9 Å². The van der Waals surface area contributed by atoms with Gasteiger partial charge in [0.15, 0.2) is 5.16 Å². The lowest BCUT2D eigenvalue weighted by atomic mass is 9.90. The standard InChI is InChI=1S/C20H26N4O2S/c1-6-14(4)24-18(26)15-9-7-8-10-16(15)22-19(24)27-11-17(25)23-20(5,12-21)13(2)3/h7-10,13-14H,6,11H2,1-5H3,(H,23,25)/t14-,20-/m1/s1. The lowest BCUT2D eigenvalue weighted by molar-refractivity contribution is -0.120. The SMILES string of the molecule is CC[C@@H](C)n1c(SCC(=O)N[C@](C)(C#N)C(C)C)nc2ccccc2c1=O. The Morgan fingerprint density at radius 1 is 1.37 bits per heavy atom. The van der Waals surface area contributed by atoms with Gasteiger partial charge >= 0.3 is 0 Å². The van der Waals surface area contributed by atoms with E-state index in [0.717, 1.165) is 6.42 Å². The Balaban J connectivity index is 2.32. The molecule has 1 amide bonds. The number of benzene rings is 1. The lowest BCUT2D eigenvalue weighted by Crippen LogP contribution is -2.49. The number of hydrogen-bond donors (Lipinski definition) is 1. The predicted molar refractivity (Wildman–Crippen MR) is 109 cm³/mol. The second-order valence-corrected chi connectivity index (χ2v) is 8.09. The van der Waals surface area contributed by atoms with Gasteiger partial charge in [-0.2, -0.15) is 5.26 Å². The van der Waals surface area contributed by atoms with E-state index in [0.29, 0.717) is 16.1 Å². The third-order valence-electron chi connectivity index (χ3n) is 4.93. The van der Waals surface area contributed by atoms with E-state index in [2.05, 4.69) is 16.4 Å². The summed E-state index contributed by atoms with van der Waals surface area (Å²) in [5.41, 5.74) is -0.402. The molecule has 6 nitrogen and oxygen atoms in total. The van der Waals surface area contributed by atoms with Crippen LogP contribution in [0.2, 0.25) is 0 Å². The van der Waals surface area contributed by atoms with Crippen LogP contribution in [-0.2, 0) is 4.79 Å². The summed E-state index contributed by atoms with van der Waals surface area (Å²) < 4.78 is 1.66. The molecule has 144 valence electrons. The maximum Gasteiger partial charge on any atom is 0.262 e. The van der Waals surface area contributed by atoms with Crippen molar-refractivity contribution in [2.45, 2.75) is 57.8 Å². The summed E-state index contributed by atoms with van der Waals surface area (Å²) in [7, 11) is 0. The Hall–Kier alpha value is -2.33. The molecule has 0 aliphatic carbocycles. The number of thioether (sulfide) groups is 1. The van der Waals surface area contributed by atoms with E-state index in [4.69, 9.17) is 0 Å². The van der Waals surface area contributed by atoms with Gasteiger partial charge in [0.2, 0.25) is 5.91 Å². The molecule has 2 rings (SSSR count). The molecule has 1 aromatic carbocycles. The number of carbonyl (C=O) groups excluding carboxylic acids is 1. The van der Waals surface area contributed by atoms with E-state index in [1.807, 2.05) is 39.8 Å². The number of aromatic nitrogens is 2. The van der Waals surface area contributed by atoms with E-state index in [1.54, 1.807) is 23.6 Å². The first-order valence-electron chi connectivity index (χ1n) is 9.09. The highest BCUT2D eigenvalue weighted by atomic mass is 32.2. The number of carbonyl (C=O) groups is 1. The number of para-hydroxylation sites is 1. The van der Waals surface area contributed by atoms with Gasteiger partial charge in [0.05, 0.1) is 22.7 Å². The molecule has 0 saturated carbocycles. The smallest absolute Gasteiger partial charge is 0.262 e. The maximum atomic E-state index is 12.9. The topological polar surface area (TPSA) is 87.8 Å². The zero-order valence-corrected chi connectivity index (χ0v) is 17.3. The molecule has 0 radical (unpaired) electrons. The van der Waals surface area contributed by atoms with Gasteiger partial charge in [-0.15, -0.1) is 0 Å². The normalized spacial score (nSPS) is 14.6. The zero-order chi connectivity index (χ0) is 20.2. The van der Waals surface area contributed by atoms with Crippen LogP contribution in [0.1, 0.15) is 47.1 Å². The first kappa shape index (κ1) is 21.0. The Bertz CT molecular complexity index is 932. The molecule has 0 aliphatic rings. The summed E-state index contributed by atoms with van der Waals surface area (Å²) >= 11 is 1.22. The number of nitrogens with one attached hydrogen (secondary N) is 1. The molecule has 7 heteroatoms. The zero-order valence-electron chi connectivity index (χ0n) is 16.4. The van der Waals surface area contributed by atoms with Gasteiger partial charge in [-0.25, -0.2) is 4.98 Å². The van der Waals surface area contributed by atoms with Crippen LogP contribution in [0.15, 0.2) is 34.2 Å². The summed E-state index contributed by atoms with van der Waals surface area (Å²) in [5.74, 6) is -0.185. The van der Waals surface area contributed by atoms with Crippen molar-refractivity contribution >= 4 is 28.6 Å². The highest BCUT2D eigenvalue weighted by Gasteiger charge is 2.30. The molecule has 27 heavy (non-hydrogen) atoms. The molecule has 0 fully saturated rings. The van der Waals surface area contributed by atoms with E-state index in [-0.39, 0.29) is 29.2 Å². The monoisotopic (exact) mass is 386 g/mol. The van der Waals surface area contributed by atoms with Crippen LogP contribution in [0.5, 0.6) is 0 Å². The van der Waals surface area contributed by atoms with Crippen LogP contribution >= 0.6 is 11.8 Å². The van der Waals surface area contributed by atoms with Crippen molar-refractivity contribution in [1.29, 1.82) is 5.26 Å². The van der Waals surface area contributed by atoms with Gasteiger partial charge < -0.3 is 5.32 Å². The molecule has 0 spiro atoms. The summed E-state index contributed by atoms with van der Waals surface area (Å²) in [5, 5.41) is 13.2. The summed E-state index contributed by atoms with van der Waals surface area (Å²) in [6.45, 7) is 9.47. The largest absolute Gasteiger partial charge is 0.337 e. The van der Waals surface area contributed by atoms with Gasteiger partial charge in [0, 0.05) is 6.04 Å². The average molecular weight is 387 g/mol. The van der Waals surface area contributed by atoms with Crippen molar-refractivity contribution in [2.75, 3.05) is 5.75 Å². The third-order valence-corrected chi connectivity index (χ3v) is 5.88. The highest BCUT2D eigenvalue weighted by molar-refractivity contribution is 7.99. The predicted octanol–water partition coefficient (Wildman–Crippen LogP) is 3.51. The molecule has 0 bridgehead atoms. The number of hydrogen-bond acceptors (Lipinski definition) is 5. The Labute approximate surface area is 164 Å². The highest BCUT2D eigenvalue weighted by Crippen LogP contribution is 2.23. The number of fused-ring (bicyclic) bond motifs is 1. The molecule has 0 saturated heterocycles. The minimum Gasteiger partial charge on any atom is -0.337 e. The second kappa shape index (κ2) is 8.57. The minimum atomic E-state index is -0.926. The fourth-order valence-corrected chi connectivity index (χ4v) is 3.45. The quantitative estimate of drug-likeness (QED) is 0.581. The molecule has 0 unspecified atom stereocenters. The molecule has 2 atom stereocenters. The molecular weight excluding hydrogens is 360 g/mol. The van der Waals surface area contributed by atoms with Crippen LogP contribution in [0.4, 0.5) is 0 Å². The molecule has 0 aliphatic heterocycles. The second-order valence-electron chi connectivity index (χ2n) is 7.15. The van der Waals surface area contributed by atoms with E-state index in [9.17, 15) is 14.9 Å². The van der Waals surface area contributed by atoms with Crippen LogP contribution in [0, 0.1) is 17.2 Å². The van der Waals surface area contributed by atoms with Crippen molar-refractivity contribution in [3.05, 3.63) is 34.6 Å². The molecule has 1 N–H and O–H groups in total. The number of nitriles is 1. The van der Waals surface area contributed by atoms with E-state index >= 15 is 0 Å². The van der Waals surface area contributed by atoms with Gasteiger partial charge in [0.25, 0.3) is 5.56 Å². The Morgan fingerprint density at radius 3 is 2.63 bits per heavy atom. The van der Waals surface area contributed by atoms with E-state index in [1.165, 1.54) is 11.8 Å². The fourth-order valence-electron chi connectivity index (χ4n) is 2.56. The van der Waals surface area contributed by atoms with Crippen molar-refractivity contribution in [3.63, 3.8) is 0 Å². The third kappa shape index (κ3) is 4.51. The first-order chi connectivity index (χ1) is 12.7. The summed E-state index contributed by atoms with van der Waals surface area (Å²) in [4.78, 5) is 29.9. The van der Waals surface area contributed by atoms with Crippen LogP contribution in [-0.4, -0.2) is 26.8 Å². The van der Waals surface area contributed by atoms with Crippen molar-refractivity contribution < 1.29 is 4.79 Å². The average Bonchev–Trinajstić information content (AvgIpc) is 2.65. The number of nitrogens with zero attached hydrogens (tertiary/aromatic N) is 3. The fraction of sp³-hybridized carbons (Fsp3) is 0.500. The first-order valence-corrected chi connectivity index (χ1v) is 10.1. The number of amides is 1. The van der Waals surface area contributed by atoms with Gasteiger partial charge in [0.1, 0.15) is 5.54 Å². The van der Waals surface area contributed by atoms with Gasteiger partial charge in [-0.3, -0.25) is 14.2 Å². The molecule has 2 aromatic rings. The van der Waals surface area contributed by atoms with Crippen LogP contribution < -0.4 is 10.9 Å². The van der Waals surface area contributed by atoms with Crippen LogP contribution in [0.25, 0.3) is 10.9 Å².